The van der Waals surface area contributed by atoms with Crippen LogP contribution < -0.4 is 0 Å². The number of ether oxygens (including phenoxy) is 3. The fourth-order valence-electron chi connectivity index (χ4n) is 5.26. The third-order valence-electron chi connectivity index (χ3n) is 6.63. The first-order valence-corrected chi connectivity index (χ1v) is 9.67. The minimum Gasteiger partial charge on any atom is -0.462 e. The zero-order valence-corrected chi connectivity index (χ0v) is 15.1. The summed E-state index contributed by atoms with van der Waals surface area (Å²) in [5, 5.41) is 0. The summed E-state index contributed by atoms with van der Waals surface area (Å²) in [6.45, 7) is 5.61. The Balaban J connectivity index is 1.24. The molecule has 0 aromatic heterocycles. The Kier molecular flexibility index (Phi) is 4.53. The molecule has 5 unspecified atom stereocenters. The monoisotopic (exact) mass is 362 g/mol. The van der Waals surface area contributed by atoms with Crippen molar-refractivity contribution in [3.8, 4) is 0 Å². The molecule has 1 aliphatic heterocycles. The van der Waals surface area contributed by atoms with Crippen molar-refractivity contribution in [2.75, 3.05) is 6.61 Å². The van der Waals surface area contributed by atoms with Crippen molar-refractivity contribution < 1.29 is 28.6 Å². The number of rotatable bonds is 5. The van der Waals surface area contributed by atoms with E-state index in [1.54, 1.807) is 6.92 Å². The number of carbonyl (C=O) groups is 3. The first-order valence-electron chi connectivity index (χ1n) is 9.67. The van der Waals surface area contributed by atoms with Gasteiger partial charge in [0.25, 0.3) is 0 Å². The van der Waals surface area contributed by atoms with E-state index in [9.17, 15) is 14.4 Å². The van der Waals surface area contributed by atoms with Gasteiger partial charge in [-0.1, -0.05) is 6.58 Å². The van der Waals surface area contributed by atoms with E-state index in [0.29, 0.717) is 18.1 Å². The average molecular weight is 362 g/mol. The summed E-state index contributed by atoms with van der Waals surface area (Å²) < 4.78 is 16.5. The molecule has 3 aliphatic carbocycles. The molecule has 0 N–H and O–H groups in total. The number of hydrogen-bond acceptors (Lipinski definition) is 6. The molecule has 5 atom stereocenters. The molecule has 0 radical (unpaired) electrons. The number of esters is 3. The minimum atomic E-state index is -0.348. The number of hydrogen-bond donors (Lipinski definition) is 0. The van der Waals surface area contributed by atoms with E-state index in [1.807, 2.05) is 0 Å². The van der Waals surface area contributed by atoms with Gasteiger partial charge in [-0.3, -0.25) is 9.59 Å². The quantitative estimate of drug-likeness (QED) is 0.424. The molecule has 26 heavy (non-hydrogen) atoms. The third kappa shape index (κ3) is 3.03. The minimum absolute atomic E-state index is 0.0198. The first kappa shape index (κ1) is 17.6. The predicted octanol–water partition coefficient (Wildman–Crippen LogP) is 2.41. The van der Waals surface area contributed by atoms with Crippen LogP contribution in [0.3, 0.4) is 0 Å². The van der Waals surface area contributed by atoms with Gasteiger partial charge in [0.1, 0.15) is 12.2 Å². The molecule has 2 bridgehead atoms. The summed E-state index contributed by atoms with van der Waals surface area (Å²) >= 11 is 0. The Morgan fingerprint density at radius 3 is 2.62 bits per heavy atom. The van der Waals surface area contributed by atoms with Crippen molar-refractivity contribution in [2.24, 2.45) is 29.6 Å². The van der Waals surface area contributed by atoms with Gasteiger partial charge in [0.2, 0.25) is 0 Å². The van der Waals surface area contributed by atoms with Gasteiger partial charge in [0.05, 0.1) is 18.4 Å². The SMILES string of the molecule is C=C(C)C(=O)OCC1CCC(OC(=O)C2C3CC4C(=O)OC2C4C3)CC1. The summed E-state index contributed by atoms with van der Waals surface area (Å²) in [4.78, 5) is 36.0. The molecule has 4 rings (SSSR count). The van der Waals surface area contributed by atoms with Crippen LogP contribution in [0.25, 0.3) is 0 Å². The van der Waals surface area contributed by atoms with E-state index in [4.69, 9.17) is 14.2 Å². The molecule has 0 aromatic rings. The van der Waals surface area contributed by atoms with Crippen LogP contribution in [0, 0.1) is 29.6 Å². The van der Waals surface area contributed by atoms with Crippen molar-refractivity contribution in [3.63, 3.8) is 0 Å². The average Bonchev–Trinajstić information content (AvgIpc) is 3.23. The highest BCUT2D eigenvalue weighted by molar-refractivity contribution is 5.86. The Hall–Kier alpha value is -1.85. The fraction of sp³-hybridized carbons (Fsp3) is 0.750. The second-order valence-corrected chi connectivity index (χ2v) is 8.39. The molecule has 0 aromatic carbocycles. The molecular formula is C20H26O6. The van der Waals surface area contributed by atoms with Gasteiger partial charge in [-0.2, -0.15) is 0 Å². The van der Waals surface area contributed by atoms with Crippen LogP contribution in [0.15, 0.2) is 12.2 Å². The van der Waals surface area contributed by atoms with Crippen LogP contribution >= 0.6 is 0 Å². The van der Waals surface area contributed by atoms with E-state index in [2.05, 4.69) is 6.58 Å². The maximum Gasteiger partial charge on any atom is 0.333 e. The maximum atomic E-state index is 12.7. The standard InChI is InChI=1S/C20H26O6/c1-10(2)18(21)24-9-11-3-5-13(6-4-11)25-20(23)16-12-7-14-15(8-12)19(22)26-17(14)16/h11-17H,1,3-9H2,2H3. The summed E-state index contributed by atoms with van der Waals surface area (Å²) in [6, 6.07) is 0. The second-order valence-electron chi connectivity index (χ2n) is 8.39. The van der Waals surface area contributed by atoms with Gasteiger partial charge >= 0.3 is 17.9 Å². The van der Waals surface area contributed by atoms with Crippen molar-refractivity contribution in [1.29, 1.82) is 0 Å². The zero-order valence-electron chi connectivity index (χ0n) is 15.1. The lowest BCUT2D eigenvalue weighted by Crippen LogP contribution is -2.37. The predicted molar refractivity (Wildman–Crippen MR) is 90.7 cm³/mol. The van der Waals surface area contributed by atoms with Crippen LogP contribution in [0.4, 0.5) is 0 Å². The molecule has 142 valence electrons. The molecule has 1 saturated heterocycles. The number of fused-ring (bicyclic) bond motifs is 1. The third-order valence-corrected chi connectivity index (χ3v) is 6.63. The molecule has 6 heteroatoms. The van der Waals surface area contributed by atoms with Crippen LogP contribution in [-0.4, -0.2) is 36.7 Å². The topological polar surface area (TPSA) is 78.9 Å². The summed E-state index contributed by atoms with van der Waals surface area (Å²) in [5.74, 6) is -0.124. The largest absolute Gasteiger partial charge is 0.462 e. The normalized spacial score (nSPS) is 40.2. The molecule has 0 amide bonds. The van der Waals surface area contributed by atoms with Gasteiger partial charge in [-0.15, -0.1) is 0 Å². The van der Waals surface area contributed by atoms with E-state index in [-0.39, 0.29) is 53.8 Å². The molecule has 4 aliphatic rings. The lowest BCUT2D eigenvalue weighted by Gasteiger charge is -2.30. The van der Waals surface area contributed by atoms with E-state index >= 15 is 0 Å². The van der Waals surface area contributed by atoms with Gasteiger partial charge in [-0.05, 0) is 57.3 Å². The summed E-state index contributed by atoms with van der Waals surface area (Å²) in [5.41, 5.74) is 0.410. The highest BCUT2D eigenvalue weighted by Crippen LogP contribution is 2.57. The molecule has 6 nitrogen and oxygen atoms in total. The first-order chi connectivity index (χ1) is 12.4. The van der Waals surface area contributed by atoms with Gasteiger partial charge < -0.3 is 14.2 Å². The second kappa shape index (κ2) is 6.71. The zero-order chi connectivity index (χ0) is 18.4. The Morgan fingerprint density at radius 2 is 1.92 bits per heavy atom. The molecule has 3 saturated carbocycles. The Morgan fingerprint density at radius 1 is 1.19 bits per heavy atom. The van der Waals surface area contributed by atoms with E-state index in [1.165, 1.54) is 0 Å². The number of carbonyl (C=O) groups excluding carboxylic acids is 3. The van der Waals surface area contributed by atoms with Crippen LogP contribution in [0.1, 0.15) is 45.4 Å². The van der Waals surface area contributed by atoms with E-state index in [0.717, 1.165) is 38.5 Å². The Labute approximate surface area is 153 Å². The smallest absolute Gasteiger partial charge is 0.333 e. The van der Waals surface area contributed by atoms with Crippen molar-refractivity contribution in [1.82, 2.24) is 0 Å². The molecular weight excluding hydrogens is 336 g/mol. The van der Waals surface area contributed by atoms with Crippen molar-refractivity contribution in [2.45, 2.75) is 57.7 Å². The van der Waals surface area contributed by atoms with Gasteiger partial charge in [0, 0.05) is 11.5 Å². The van der Waals surface area contributed by atoms with E-state index < -0.39 is 0 Å². The molecule has 0 spiro atoms. The highest BCUT2D eigenvalue weighted by Gasteiger charge is 2.64. The lowest BCUT2D eigenvalue weighted by atomic mass is 9.82. The van der Waals surface area contributed by atoms with Crippen molar-refractivity contribution >= 4 is 17.9 Å². The molecule has 1 heterocycles. The fourth-order valence-corrected chi connectivity index (χ4v) is 5.26. The van der Waals surface area contributed by atoms with Crippen LogP contribution in [0.2, 0.25) is 0 Å². The van der Waals surface area contributed by atoms with Crippen molar-refractivity contribution in [3.05, 3.63) is 12.2 Å². The lowest BCUT2D eigenvalue weighted by molar-refractivity contribution is -0.163. The molecule has 4 fully saturated rings. The maximum absolute atomic E-state index is 12.7. The summed E-state index contributed by atoms with van der Waals surface area (Å²) in [7, 11) is 0. The van der Waals surface area contributed by atoms with Crippen LogP contribution in [0.5, 0.6) is 0 Å². The Bertz CT molecular complexity index is 632. The highest BCUT2D eigenvalue weighted by atomic mass is 16.6. The van der Waals surface area contributed by atoms with Crippen LogP contribution in [-0.2, 0) is 28.6 Å². The van der Waals surface area contributed by atoms with Gasteiger partial charge in [-0.25, -0.2) is 4.79 Å². The van der Waals surface area contributed by atoms with Gasteiger partial charge in [0.15, 0.2) is 0 Å². The summed E-state index contributed by atoms with van der Waals surface area (Å²) in [6.07, 6.45) is 4.68.